The molecule has 0 aliphatic rings. The van der Waals surface area contributed by atoms with Crippen LogP contribution >= 0.6 is 0 Å². The van der Waals surface area contributed by atoms with Gasteiger partial charge in [0.2, 0.25) is 0 Å². The predicted molar refractivity (Wildman–Crippen MR) is 75.4 cm³/mol. The van der Waals surface area contributed by atoms with Gasteiger partial charge in [0, 0.05) is 29.6 Å². The largest absolute Gasteiger partial charge is 0.289 e. The Kier molecular flexibility index (Phi) is 4.00. The molecule has 1 aromatic heterocycles. The minimum absolute atomic E-state index is 0.0503. The molecule has 0 N–H and O–H groups in total. The first-order valence-electron chi connectivity index (χ1n) is 5.95. The van der Waals surface area contributed by atoms with E-state index in [0.717, 1.165) is 5.56 Å². The van der Waals surface area contributed by atoms with Crippen molar-refractivity contribution < 1.29 is 9.72 Å². The van der Waals surface area contributed by atoms with Crippen LogP contribution in [-0.2, 0) is 0 Å². The maximum absolute atomic E-state index is 12.0. The Hall–Kier alpha value is -2.82. The number of nitrogens with zero attached hydrogens (tertiary/aromatic N) is 2. The number of nitro groups is 1. The fraction of sp³-hybridized carbons (Fsp3) is 0.0667. The zero-order valence-electron chi connectivity index (χ0n) is 10.8. The Bertz CT molecular complexity index is 679. The van der Waals surface area contributed by atoms with Crippen LogP contribution in [0.25, 0.3) is 6.08 Å². The maximum atomic E-state index is 12.0. The molecule has 0 radical (unpaired) electrons. The molecular weight excluding hydrogens is 256 g/mol. The highest BCUT2D eigenvalue weighted by Crippen LogP contribution is 2.19. The molecule has 0 aliphatic heterocycles. The highest BCUT2D eigenvalue weighted by atomic mass is 16.6. The van der Waals surface area contributed by atoms with Crippen molar-refractivity contribution in [3.8, 4) is 0 Å². The van der Waals surface area contributed by atoms with Gasteiger partial charge in [-0.05, 0) is 30.7 Å². The van der Waals surface area contributed by atoms with Crippen LogP contribution in [0.1, 0.15) is 21.5 Å². The first-order valence-corrected chi connectivity index (χ1v) is 5.95. The van der Waals surface area contributed by atoms with Gasteiger partial charge in [-0.3, -0.25) is 19.9 Å². The van der Waals surface area contributed by atoms with Gasteiger partial charge in [0.05, 0.1) is 4.92 Å². The average molecular weight is 268 g/mol. The van der Waals surface area contributed by atoms with E-state index in [1.165, 1.54) is 12.1 Å². The van der Waals surface area contributed by atoms with Gasteiger partial charge in [-0.25, -0.2) is 0 Å². The summed E-state index contributed by atoms with van der Waals surface area (Å²) in [7, 11) is 0. The monoisotopic (exact) mass is 268 g/mol. The number of benzene rings is 1. The smallest absolute Gasteiger partial charge is 0.273 e. The van der Waals surface area contributed by atoms with Gasteiger partial charge >= 0.3 is 0 Å². The quantitative estimate of drug-likeness (QED) is 0.369. The van der Waals surface area contributed by atoms with Crippen molar-refractivity contribution in [1.82, 2.24) is 4.98 Å². The van der Waals surface area contributed by atoms with Gasteiger partial charge < -0.3 is 0 Å². The van der Waals surface area contributed by atoms with E-state index in [1.807, 2.05) is 6.07 Å². The van der Waals surface area contributed by atoms with Crippen LogP contribution in [0.4, 0.5) is 5.69 Å². The number of ketones is 1. The highest BCUT2D eigenvalue weighted by Gasteiger charge is 2.13. The van der Waals surface area contributed by atoms with E-state index in [9.17, 15) is 14.9 Å². The molecule has 0 aliphatic carbocycles. The molecule has 0 saturated heterocycles. The van der Waals surface area contributed by atoms with E-state index in [0.29, 0.717) is 11.1 Å². The van der Waals surface area contributed by atoms with E-state index >= 15 is 0 Å². The molecule has 0 bridgehead atoms. The molecule has 2 aromatic rings. The van der Waals surface area contributed by atoms with Crippen molar-refractivity contribution in [2.24, 2.45) is 0 Å². The zero-order chi connectivity index (χ0) is 14.5. The number of hydrogen-bond donors (Lipinski definition) is 0. The van der Waals surface area contributed by atoms with Crippen LogP contribution in [0, 0.1) is 17.0 Å². The Balaban J connectivity index is 2.24. The Morgan fingerprint density at radius 3 is 2.80 bits per heavy atom. The highest BCUT2D eigenvalue weighted by molar-refractivity contribution is 6.07. The van der Waals surface area contributed by atoms with Crippen molar-refractivity contribution in [2.75, 3.05) is 0 Å². The number of hydrogen-bond acceptors (Lipinski definition) is 4. The van der Waals surface area contributed by atoms with Crippen molar-refractivity contribution in [1.29, 1.82) is 0 Å². The average Bonchev–Trinajstić information content (AvgIpc) is 2.46. The summed E-state index contributed by atoms with van der Waals surface area (Å²) >= 11 is 0. The molecule has 0 unspecified atom stereocenters. The maximum Gasteiger partial charge on any atom is 0.273 e. The summed E-state index contributed by atoms with van der Waals surface area (Å²) in [4.78, 5) is 26.3. The lowest BCUT2D eigenvalue weighted by Crippen LogP contribution is -1.98. The molecule has 0 amide bonds. The van der Waals surface area contributed by atoms with Crippen LogP contribution in [0.5, 0.6) is 0 Å². The summed E-state index contributed by atoms with van der Waals surface area (Å²) in [5.41, 5.74) is 1.57. The lowest BCUT2D eigenvalue weighted by Gasteiger charge is -1.99. The third-order valence-electron chi connectivity index (χ3n) is 2.80. The van der Waals surface area contributed by atoms with E-state index in [-0.39, 0.29) is 11.5 Å². The Labute approximate surface area is 115 Å². The van der Waals surface area contributed by atoms with Crippen LogP contribution in [0.3, 0.4) is 0 Å². The van der Waals surface area contributed by atoms with E-state index in [1.54, 1.807) is 43.6 Å². The molecule has 1 heterocycles. The molecule has 5 nitrogen and oxygen atoms in total. The molecule has 100 valence electrons. The minimum Gasteiger partial charge on any atom is -0.289 e. The number of allylic oxidation sites excluding steroid dienone is 1. The summed E-state index contributed by atoms with van der Waals surface area (Å²) in [6, 6.07) is 8.03. The Morgan fingerprint density at radius 2 is 2.15 bits per heavy atom. The summed E-state index contributed by atoms with van der Waals surface area (Å²) in [5.74, 6) is -0.281. The topological polar surface area (TPSA) is 73.1 Å². The third kappa shape index (κ3) is 3.14. The van der Waals surface area contributed by atoms with Crippen molar-refractivity contribution >= 4 is 17.5 Å². The summed E-state index contributed by atoms with van der Waals surface area (Å²) < 4.78 is 0. The number of aromatic nitrogens is 1. The molecule has 5 heteroatoms. The van der Waals surface area contributed by atoms with Crippen LogP contribution < -0.4 is 0 Å². The molecule has 0 spiro atoms. The molecule has 2 rings (SSSR count). The van der Waals surface area contributed by atoms with E-state index in [4.69, 9.17) is 0 Å². The van der Waals surface area contributed by atoms with Crippen LogP contribution in [0.15, 0.2) is 48.8 Å². The van der Waals surface area contributed by atoms with Gasteiger partial charge in [0.15, 0.2) is 5.78 Å². The second kappa shape index (κ2) is 5.88. The van der Waals surface area contributed by atoms with Crippen LogP contribution in [-0.4, -0.2) is 15.7 Å². The van der Waals surface area contributed by atoms with E-state index in [2.05, 4.69) is 4.98 Å². The normalized spacial score (nSPS) is 10.7. The van der Waals surface area contributed by atoms with Crippen LogP contribution in [0.2, 0.25) is 0 Å². The van der Waals surface area contributed by atoms with Gasteiger partial charge in [0.1, 0.15) is 0 Å². The SMILES string of the molecule is Cc1ccc(C(=O)C=Cc2cccnc2)cc1[N+](=O)[O-]. The number of aryl methyl sites for hydroxylation is 1. The predicted octanol–water partition coefficient (Wildman–Crippen LogP) is 3.19. The zero-order valence-corrected chi connectivity index (χ0v) is 10.8. The third-order valence-corrected chi connectivity index (χ3v) is 2.80. The summed E-state index contributed by atoms with van der Waals surface area (Å²) in [6.45, 7) is 1.64. The van der Waals surface area contributed by atoms with Gasteiger partial charge in [-0.1, -0.05) is 18.2 Å². The lowest BCUT2D eigenvalue weighted by molar-refractivity contribution is -0.385. The fourth-order valence-corrected chi connectivity index (χ4v) is 1.70. The molecule has 0 atom stereocenters. The van der Waals surface area contributed by atoms with Crippen molar-refractivity contribution in [2.45, 2.75) is 6.92 Å². The number of nitro benzene ring substituents is 1. The minimum atomic E-state index is -0.489. The molecule has 0 fully saturated rings. The van der Waals surface area contributed by atoms with E-state index < -0.39 is 4.92 Å². The molecule has 20 heavy (non-hydrogen) atoms. The summed E-state index contributed by atoms with van der Waals surface area (Å²) in [6.07, 6.45) is 6.27. The number of carbonyl (C=O) groups is 1. The first-order chi connectivity index (χ1) is 9.58. The molecule has 0 saturated carbocycles. The lowest BCUT2D eigenvalue weighted by atomic mass is 10.1. The van der Waals surface area contributed by atoms with Gasteiger partial charge in [-0.2, -0.15) is 0 Å². The number of carbonyl (C=O) groups excluding carboxylic acids is 1. The van der Waals surface area contributed by atoms with Crippen molar-refractivity contribution in [3.05, 3.63) is 75.6 Å². The van der Waals surface area contributed by atoms with Crippen molar-refractivity contribution in [3.63, 3.8) is 0 Å². The molecular formula is C15H12N2O3. The molecule has 1 aromatic carbocycles. The van der Waals surface area contributed by atoms with Gasteiger partial charge in [0.25, 0.3) is 5.69 Å². The number of pyridine rings is 1. The standard InChI is InChI=1S/C15H12N2O3/c1-11-4-6-13(9-14(11)17(19)20)15(18)7-5-12-3-2-8-16-10-12/h2-10H,1H3. The second-order valence-corrected chi connectivity index (χ2v) is 4.24. The first kappa shape index (κ1) is 13.6. The fourth-order valence-electron chi connectivity index (χ4n) is 1.70. The summed E-state index contributed by atoms with van der Waals surface area (Å²) in [5, 5.41) is 10.8. The Morgan fingerprint density at radius 1 is 1.35 bits per heavy atom. The number of rotatable bonds is 4. The van der Waals surface area contributed by atoms with Gasteiger partial charge in [-0.15, -0.1) is 0 Å². The second-order valence-electron chi connectivity index (χ2n) is 4.24.